The third-order valence-electron chi connectivity index (χ3n) is 16.6. The largest absolute Gasteiger partial charge is 0.492 e. The van der Waals surface area contributed by atoms with Crippen LogP contribution < -0.4 is 108 Å². The Morgan fingerprint density at radius 2 is 1.29 bits per heavy atom. The molecule has 588 valence electrons. The van der Waals surface area contributed by atoms with Gasteiger partial charge in [0.25, 0.3) is 5.91 Å². The highest BCUT2D eigenvalue weighted by atomic mass is 32.2. The van der Waals surface area contributed by atoms with Crippen LogP contribution in [0.5, 0.6) is 5.75 Å². The van der Waals surface area contributed by atoms with Crippen molar-refractivity contribution in [2.24, 2.45) is 34.4 Å². The van der Waals surface area contributed by atoms with Crippen molar-refractivity contribution in [2.45, 2.75) is 184 Å². The molecule has 1 aliphatic rings. The van der Waals surface area contributed by atoms with Gasteiger partial charge in [0.2, 0.25) is 88.6 Å². The van der Waals surface area contributed by atoms with Crippen molar-refractivity contribution < 1.29 is 91.4 Å². The first kappa shape index (κ1) is 88.4. The number of ether oxygens (including phenoxy) is 1. The Morgan fingerprint density at radius 3 is 1.90 bits per heavy atom. The van der Waals surface area contributed by atoms with Crippen LogP contribution >= 0.6 is 11.8 Å². The first-order valence-electron chi connectivity index (χ1n) is 34.6. The second-order valence-electron chi connectivity index (χ2n) is 25.7. The number of aromatic nitrogens is 1. The predicted octanol–water partition coefficient (Wildman–Crippen LogP) is -6.78. The normalized spacial score (nSPS) is 19.2. The van der Waals surface area contributed by atoms with Crippen LogP contribution in [0.4, 0.5) is 4.79 Å². The van der Waals surface area contributed by atoms with E-state index < -0.39 is 211 Å². The SMILES string of the molecule is CC(=O)NCCCC[C@H](NC(=O)[C@](C)(CCCCN)NC(=O)NC(=O)[C@H](Cc1ccc(OCCN)cc1)NC(=O)[C@@H]1CSCC[C@H](NC(C)=O)C(=O)N[C@@H](CCC(N)=O)C(=O)N[C@@H]([C@@H](C)O)C(=O)N[C@@H](Cc2c[nH]c3ccccc23)C(=O)N[C@@H](CCC(N)=O)C(=O)N1)C(=O)N[C@@H](CC(N)=O)C(=O)NCC(N)=O. The van der Waals surface area contributed by atoms with Gasteiger partial charge in [0.1, 0.15) is 72.3 Å². The van der Waals surface area contributed by atoms with E-state index in [4.69, 9.17) is 39.1 Å². The van der Waals surface area contributed by atoms with Gasteiger partial charge < -0.3 is 113 Å². The van der Waals surface area contributed by atoms with Gasteiger partial charge in [-0.3, -0.25) is 82.0 Å². The van der Waals surface area contributed by atoms with E-state index in [0.29, 0.717) is 27.8 Å². The van der Waals surface area contributed by atoms with Crippen molar-refractivity contribution in [1.82, 2.24) is 74.1 Å². The molecule has 2 heterocycles. The maximum atomic E-state index is 15.2. The fourth-order valence-corrected chi connectivity index (χ4v) is 12.0. The lowest BCUT2D eigenvalue weighted by Crippen LogP contribution is -2.64. The molecule has 18 amide bonds. The first-order valence-corrected chi connectivity index (χ1v) is 35.7. The summed E-state index contributed by atoms with van der Waals surface area (Å²) >= 11 is 0.902. The Bertz CT molecular complexity index is 3660. The maximum absolute atomic E-state index is 15.2. The number of aliphatic hydroxyl groups is 1. The van der Waals surface area contributed by atoms with Crippen LogP contribution in [0.3, 0.4) is 0 Å². The third-order valence-corrected chi connectivity index (χ3v) is 17.7. The van der Waals surface area contributed by atoms with Gasteiger partial charge in [0, 0.05) is 75.5 Å². The van der Waals surface area contributed by atoms with Gasteiger partial charge in [0.05, 0.1) is 19.1 Å². The summed E-state index contributed by atoms with van der Waals surface area (Å²) in [4.78, 5) is 234. The van der Waals surface area contributed by atoms with Gasteiger partial charge in [-0.2, -0.15) is 11.8 Å². The molecule has 39 nitrogen and oxygen atoms in total. The summed E-state index contributed by atoms with van der Waals surface area (Å²) in [5.74, 6) is -16.1. The van der Waals surface area contributed by atoms with E-state index >= 15 is 4.79 Å². The number of nitrogens with two attached hydrogens (primary N) is 6. The number of imide groups is 1. The third kappa shape index (κ3) is 31.3. The lowest BCUT2D eigenvalue weighted by atomic mass is 9.92. The zero-order valence-corrected chi connectivity index (χ0v) is 60.8. The topological polar surface area (TPSA) is 648 Å². The lowest BCUT2D eigenvalue weighted by molar-refractivity contribution is -0.137. The van der Waals surface area contributed by atoms with Crippen molar-refractivity contribution in [3.63, 3.8) is 0 Å². The number of carbonyl (C=O) groups is 17. The molecule has 0 unspecified atom stereocenters. The average Bonchev–Trinajstić information content (AvgIpc) is 1.79. The van der Waals surface area contributed by atoms with E-state index in [-0.39, 0.29) is 89.3 Å². The molecule has 3 aromatic rings. The number of hydrogen-bond acceptors (Lipinski definition) is 22. The highest BCUT2D eigenvalue weighted by Crippen LogP contribution is 2.22. The molecule has 1 aromatic heterocycles. The van der Waals surface area contributed by atoms with Gasteiger partial charge >= 0.3 is 6.03 Å². The molecular weight excluding hydrogens is 1420 g/mol. The number of carbonyl (C=O) groups excluding carboxylic acids is 17. The molecule has 0 aliphatic carbocycles. The second-order valence-corrected chi connectivity index (χ2v) is 26.8. The summed E-state index contributed by atoms with van der Waals surface area (Å²) in [6, 6.07) is -3.63. The molecule has 11 atom stereocenters. The quantitative estimate of drug-likeness (QED) is 0.0239. The molecular formula is C67H100N20O19S. The second kappa shape index (κ2) is 44.7. The summed E-state index contributed by atoms with van der Waals surface area (Å²) in [5.41, 5.74) is 32.4. The molecule has 1 aliphatic heterocycles. The Kier molecular flexibility index (Phi) is 36.9. The first-order chi connectivity index (χ1) is 50.6. The highest BCUT2D eigenvalue weighted by molar-refractivity contribution is 7.99. The van der Waals surface area contributed by atoms with Gasteiger partial charge in [-0.25, -0.2) is 4.79 Å². The fraction of sp³-hybridized carbons (Fsp3) is 0.537. The number of nitrogens with one attached hydrogen (secondary N) is 14. The molecule has 40 heteroatoms. The number of H-pyrrole nitrogens is 1. The van der Waals surface area contributed by atoms with Crippen molar-refractivity contribution >= 4 is 123 Å². The van der Waals surface area contributed by atoms with Crippen LogP contribution in [0.2, 0.25) is 0 Å². The van der Waals surface area contributed by atoms with E-state index in [9.17, 15) is 81.8 Å². The van der Waals surface area contributed by atoms with Gasteiger partial charge in [-0.05, 0) is 113 Å². The number of rotatable bonds is 37. The summed E-state index contributed by atoms with van der Waals surface area (Å²) in [6.07, 6.45) is -3.55. The van der Waals surface area contributed by atoms with E-state index in [2.05, 4.69) is 74.1 Å². The molecule has 4 rings (SSSR count). The zero-order valence-electron chi connectivity index (χ0n) is 60.0. The number of fused-ring (bicyclic) bond motifs is 1. The summed E-state index contributed by atoms with van der Waals surface area (Å²) < 4.78 is 5.63. The van der Waals surface area contributed by atoms with Crippen molar-refractivity contribution in [3.8, 4) is 5.75 Å². The number of thioether (sulfide) groups is 1. The van der Waals surface area contributed by atoms with Gasteiger partial charge in [-0.1, -0.05) is 30.3 Å². The van der Waals surface area contributed by atoms with Gasteiger partial charge in [-0.15, -0.1) is 0 Å². The van der Waals surface area contributed by atoms with Crippen LogP contribution in [0, 0.1) is 0 Å². The van der Waals surface area contributed by atoms with Crippen molar-refractivity contribution in [3.05, 3.63) is 65.9 Å². The van der Waals surface area contributed by atoms with Crippen LogP contribution in [-0.2, 0) is 89.6 Å². The monoisotopic (exact) mass is 1520 g/mol. The number of benzene rings is 2. The van der Waals surface area contributed by atoms with E-state index in [1.165, 1.54) is 38.1 Å². The van der Waals surface area contributed by atoms with E-state index in [1.807, 2.05) is 0 Å². The van der Waals surface area contributed by atoms with Crippen LogP contribution in [0.1, 0.15) is 116 Å². The number of amides is 18. The molecule has 2 aromatic carbocycles. The van der Waals surface area contributed by atoms with E-state index in [0.717, 1.165) is 25.6 Å². The number of primary amides is 4. The Hall–Kier alpha value is -11.0. The number of hydrogen-bond donors (Lipinski definition) is 21. The molecule has 0 spiro atoms. The number of urea groups is 1. The highest BCUT2D eigenvalue weighted by Gasteiger charge is 2.41. The Labute approximate surface area is 620 Å². The minimum Gasteiger partial charge on any atom is -0.492 e. The Morgan fingerprint density at radius 1 is 0.654 bits per heavy atom. The van der Waals surface area contributed by atoms with E-state index in [1.54, 1.807) is 30.5 Å². The minimum absolute atomic E-state index is 0.112. The standard InChI is InChI=1S/C67H100N20O19S/c1-35(88)55-64(103)82-48(30-39-32-75-42-12-6-5-11-41(39)42)61(100)79-44(18-20-51(70)91)58(97)83-50(34-107-28-22-46(77-37(3)90)59(98)78-45(60(99)85-55)19-21-52(71)92)63(102)80-47(29-38-14-16-40(17-15-38)106-27-25-69)62(101)86-66(105)87-67(4,23-8-9-24-68)65(104)84-43(13-7-10-26-74-36(2)89)57(96)81-49(31-53(72)93)56(95)76-33-54(73)94/h5-6,11-12,14-17,32,35,43-50,55,75,88H,7-10,13,18-31,33-34,68-69H2,1-4H3,(H2,70,91)(H2,71,92)(H2,72,93)(H2,73,94)(H,74,89)(H,76,95)(H,77,90)(H,78,98)(H,79,100)(H,80,102)(H,81,96)(H,82,103)(H,83,97)(H,84,104)(H,85,99)(H2,86,87,101,105)/t35-,43+,44+,45+,46+,47+,48+,49+,50+,55+,67+/m1/s1. The van der Waals surface area contributed by atoms with Crippen molar-refractivity contribution in [1.29, 1.82) is 0 Å². The molecule has 1 saturated heterocycles. The summed E-state index contributed by atoms with van der Waals surface area (Å²) in [7, 11) is 0. The molecule has 0 bridgehead atoms. The lowest BCUT2D eigenvalue weighted by Gasteiger charge is -2.32. The number of aromatic amines is 1. The fourth-order valence-electron chi connectivity index (χ4n) is 10.9. The predicted molar refractivity (Wildman–Crippen MR) is 387 cm³/mol. The number of unbranched alkanes of at least 4 members (excludes halogenated alkanes) is 2. The molecule has 0 saturated carbocycles. The summed E-state index contributed by atoms with van der Waals surface area (Å²) in [5, 5.41) is 43.5. The molecule has 27 N–H and O–H groups in total. The molecule has 1 fully saturated rings. The number of para-hydroxylation sites is 1. The number of aliphatic hydroxyl groups excluding tert-OH is 1. The molecule has 107 heavy (non-hydrogen) atoms. The Balaban J connectivity index is 1.84. The molecule has 0 radical (unpaired) electrons. The minimum atomic E-state index is -2.04. The maximum Gasteiger partial charge on any atom is 0.322 e. The average molecular weight is 1520 g/mol. The summed E-state index contributed by atoms with van der Waals surface area (Å²) in [6.45, 7) is 4.61. The van der Waals surface area contributed by atoms with Crippen molar-refractivity contribution in [2.75, 3.05) is 44.3 Å². The van der Waals surface area contributed by atoms with Gasteiger partial charge in [0.15, 0.2) is 0 Å². The van der Waals surface area contributed by atoms with Crippen LogP contribution in [0.25, 0.3) is 10.9 Å². The zero-order chi connectivity index (χ0) is 79.5. The smallest absolute Gasteiger partial charge is 0.322 e. The van der Waals surface area contributed by atoms with Crippen LogP contribution in [-0.4, -0.2) is 221 Å². The van der Waals surface area contributed by atoms with Crippen LogP contribution in [0.15, 0.2) is 54.7 Å².